The highest BCUT2D eigenvalue weighted by atomic mass is 19.4. The molecule has 0 saturated heterocycles. The largest absolute Gasteiger partial charge is 0.416 e. The number of carbonyl (C=O) groups excluding carboxylic acids is 1. The van der Waals surface area contributed by atoms with Crippen molar-refractivity contribution in [3.8, 4) is 0 Å². The van der Waals surface area contributed by atoms with Crippen LogP contribution in [0.1, 0.15) is 22.4 Å². The average Bonchev–Trinajstić information content (AvgIpc) is 3.12. The van der Waals surface area contributed by atoms with Crippen LogP contribution in [0.5, 0.6) is 0 Å². The maximum absolute atomic E-state index is 13.0. The molecule has 5 rings (SSSR count). The Balaban J connectivity index is 1.41. The van der Waals surface area contributed by atoms with E-state index in [0.29, 0.717) is 19.5 Å². The fraction of sp³-hybridized carbons (Fsp3) is 0.192. The van der Waals surface area contributed by atoms with Gasteiger partial charge in [-0.15, -0.1) is 0 Å². The van der Waals surface area contributed by atoms with E-state index >= 15 is 0 Å². The Morgan fingerprint density at radius 2 is 1.70 bits per heavy atom. The number of aromatic nitrogens is 1. The molecule has 0 radical (unpaired) electrons. The van der Waals surface area contributed by atoms with Gasteiger partial charge in [0.15, 0.2) is 0 Å². The number of anilines is 1. The highest BCUT2D eigenvalue weighted by Crippen LogP contribution is 2.33. The molecular formula is C26H22F3N3O. The Labute approximate surface area is 189 Å². The summed E-state index contributed by atoms with van der Waals surface area (Å²) in [7, 11) is 0. The number of hydrogen-bond acceptors (Lipinski definition) is 1. The summed E-state index contributed by atoms with van der Waals surface area (Å²) in [5.41, 5.74) is 3.95. The van der Waals surface area contributed by atoms with Crippen LogP contribution in [-0.2, 0) is 25.7 Å². The number of nitrogens with zero attached hydrogens (tertiary/aromatic N) is 2. The van der Waals surface area contributed by atoms with Crippen molar-refractivity contribution in [1.29, 1.82) is 0 Å². The van der Waals surface area contributed by atoms with Gasteiger partial charge in [-0.2, -0.15) is 13.2 Å². The van der Waals surface area contributed by atoms with Gasteiger partial charge in [0, 0.05) is 53.9 Å². The lowest BCUT2D eigenvalue weighted by atomic mass is 10.0. The molecule has 1 aliphatic heterocycles. The van der Waals surface area contributed by atoms with Gasteiger partial charge < -0.3 is 14.8 Å². The first-order valence-corrected chi connectivity index (χ1v) is 10.8. The molecule has 0 unspecified atom stereocenters. The summed E-state index contributed by atoms with van der Waals surface area (Å²) in [6.45, 7) is 1.64. The molecular weight excluding hydrogens is 427 g/mol. The Morgan fingerprint density at radius 3 is 2.48 bits per heavy atom. The molecule has 1 aromatic heterocycles. The zero-order valence-corrected chi connectivity index (χ0v) is 17.8. The molecule has 2 heterocycles. The van der Waals surface area contributed by atoms with Crippen LogP contribution in [0.3, 0.4) is 0 Å². The van der Waals surface area contributed by atoms with E-state index in [0.717, 1.165) is 35.1 Å². The predicted octanol–water partition coefficient (Wildman–Crippen LogP) is 6.30. The molecule has 0 spiro atoms. The number of benzene rings is 3. The van der Waals surface area contributed by atoms with Gasteiger partial charge in [0.1, 0.15) is 0 Å². The number of para-hydroxylation sites is 1. The van der Waals surface area contributed by atoms with Gasteiger partial charge in [0.25, 0.3) is 0 Å². The van der Waals surface area contributed by atoms with Crippen LogP contribution in [0.15, 0.2) is 78.9 Å². The van der Waals surface area contributed by atoms with Crippen molar-refractivity contribution >= 4 is 22.6 Å². The SMILES string of the molecule is O=C(Nc1cccc(C(F)(F)F)c1)N1CCc2c(c3ccccc3n2Cc2ccccc2)C1. The van der Waals surface area contributed by atoms with Crippen LogP contribution >= 0.6 is 0 Å². The number of alkyl halides is 3. The predicted molar refractivity (Wildman–Crippen MR) is 122 cm³/mol. The third kappa shape index (κ3) is 4.18. The molecule has 168 valence electrons. The number of urea groups is 1. The summed E-state index contributed by atoms with van der Waals surface area (Å²) >= 11 is 0. The summed E-state index contributed by atoms with van der Waals surface area (Å²) in [5.74, 6) is 0. The number of nitrogens with one attached hydrogen (secondary N) is 1. The number of hydrogen-bond donors (Lipinski definition) is 1. The van der Waals surface area contributed by atoms with Crippen molar-refractivity contribution in [2.45, 2.75) is 25.7 Å². The van der Waals surface area contributed by atoms with Crippen molar-refractivity contribution in [3.63, 3.8) is 0 Å². The van der Waals surface area contributed by atoms with Crippen LogP contribution in [0.2, 0.25) is 0 Å². The second kappa shape index (κ2) is 8.31. The number of carbonyl (C=O) groups is 1. The van der Waals surface area contributed by atoms with Gasteiger partial charge in [-0.1, -0.05) is 54.6 Å². The normalized spacial score (nSPS) is 13.7. The molecule has 4 nitrogen and oxygen atoms in total. The van der Waals surface area contributed by atoms with Gasteiger partial charge >= 0.3 is 12.2 Å². The van der Waals surface area contributed by atoms with Crippen molar-refractivity contribution in [2.75, 3.05) is 11.9 Å². The van der Waals surface area contributed by atoms with E-state index in [-0.39, 0.29) is 5.69 Å². The Bertz CT molecular complexity index is 1310. The Hall–Kier alpha value is -3.74. The van der Waals surface area contributed by atoms with E-state index in [9.17, 15) is 18.0 Å². The lowest BCUT2D eigenvalue weighted by molar-refractivity contribution is -0.137. The van der Waals surface area contributed by atoms with Crippen LogP contribution in [0.4, 0.5) is 23.7 Å². The number of rotatable bonds is 3. The Morgan fingerprint density at radius 1 is 0.939 bits per heavy atom. The zero-order chi connectivity index (χ0) is 23.0. The minimum atomic E-state index is -4.46. The third-order valence-electron chi connectivity index (χ3n) is 6.07. The van der Waals surface area contributed by atoms with Gasteiger partial charge in [-0.05, 0) is 29.8 Å². The maximum atomic E-state index is 13.0. The fourth-order valence-corrected chi connectivity index (χ4v) is 4.50. The first kappa shape index (κ1) is 21.1. The highest BCUT2D eigenvalue weighted by molar-refractivity contribution is 5.91. The molecule has 7 heteroatoms. The average molecular weight is 449 g/mol. The summed E-state index contributed by atoms with van der Waals surface area (Å²) in [4.78, 5) is 14.6. The summed E-state index contributed by atoms with van der Waals surface area (Å²) in [6, 6.07) is 22.7. The smallest absolute Gasteiger partial charge is 0.340 e. The minimum Gasteiger partial charge on any atom is -0.340 e. The lowest BCUT2D eigenvalue weighted by Gasteiger charge is -2.28. The monoisotopic (exact) mass is 449 g/mol. The van der Waals surface area contributed by atoms with E-state index < -0.39 is 17.8 Å². The van der Waals surface area contributed by atoms with Gasteiger partial charge in [-0.25, -0.2) is 4.79 Å². The molecule has 0 saturated carbocycles. The quantitative estimate of drug-likeness (QED) is 0.392. The van der Waals surface area contributed by atoms with E-state index in [1.54, 1.807) is 4.90 Å². The van der Waals surface area contributed by atoms with E-state index in [2.05, 4.69) is 34.1 Å². The van der Waals surface area contributed by atoms with Crippen LogP contribution in [0.25, 0.3) is 10.9 Å². The molecule has 2 amide bonds. The second-order valence-electron chi connectivity index (χ2n) is 8.19. The second-order valence-corrected chi connectivity index (χ2v) is 8.19. The van der Waals surface area contributed by atoms with E-state index in [1.807, 2.05) is 30.3 Å². The molecule has 0 atom stereocenters. The minimum absolute atomic E-state index is 0.132. The molecule has 0 fully saturated rings. The first-order chi connectivity index (χ1) is 15.9. The fourth-order valence-electron chi connectivity index (χ4n) is 4.50. The van der Waals surface area contributed by atoms with Crippen molar-refractivity contribution in [2.24, 2.45) is 0 Å². The summed E-state index contributed by atoms with van der Waals surface area (Å²) in [6.07, 6.45) is -3.78. The molecule has 1 N–H and O–H groups in total. The van der Waals surface area contributed by atoms with Crippen molar-refractivity contribution in [1.82, 2.24) is 9.47 Å². The van der Waals surface area contributed by atoms with Crippen LogP contribution in [-0.4, -0.2) is 22.0 Å². The van der Waals surface area contributed by atoms with Gasteiger partial charge in [0.05, 0.1) is 5.56 Å². The topological polar surface area (TPSA) is 37.3 Å². The molecule has 1 aliphatic rings. The van der Waals surface area contributed by atoms with Crippen LogP contribution in [0, 0.1) is 0 Å². The molecule has 0 aliphatic carbocycles. The lowest BCUT2D eigenvalue weighted by Crippen LogP contribution is -2.39. The maximum Gasteiger partial charge on any atom is 0.416 e. The van der Waals surface area contributed by atoms with Crippen molar-refractivity contribution in [3.05, 3.63) is 101 Å². The number of amides is 2. The molecule has 3 aromatic carbocycles. The van der Waals surface area contributed by atoms with Gasteiger partial charge in [0.2, 0.25) is 0 Å². The third-order valence-corrected chi connectivity index (χ3v) is 6.07. The Kier molecular flexibility index (Phi) is 5.32. The standard InChI is InChI=1S/C26H22F3N3O/c27-26(28,29)19-9-6-10-20(15-19)30-25(33)31-14-13-24-22(17-31)21-11-4-5-12-23(21)32(24)16-18-7-2-1-3-8-18/h1-12,15H,13-14,16-17H2,(H,30,33). The summed E-state index contributed by atoms with van der Waals surface area (Å²) < 4.78 is 41.3. The molecule has 4 aromatic rings. The zero-order valence-electron chi connectivity index (χ0n) is 17.8. The number of fused-ring (bicyclic) bond motifs is 3. The highest BCUT2D eigenvalue weighted by Gasteiger charge is 2.31. The number of halogens is 3. The summed E-state index contributed by atoms with van der Waals surface area (Å²) in [5, 5.41) is 3.73. The molecule has 33 heavy (non-hydrogen) atoms. The van der Waals surface area contributed by atoms with Crippen LogP contribution < -0.4 is 5.32 Å². The molecule has 0 bridgehead atoms. The van der Waals surface area contributed by atoms with E-state index in [4.69, 9.17) is 0 Å². The van der Waals surface area contributed by atoms with Gasteiger partial charge in [-0.3, -0.25) is 0 Å². The van der Waals surface area contributed by atoms with E-state index in [1.165, 1.54) is 23.4 Å². The van der Waals surface area contributed by atoms with Crippen molar-refractivity contribution < 1.29 is 18.0 Å². The first-order valence-electron chi connectivity index (χ1n) is 10.8.